The number of carbonyl (C=O) groups excluding carboxylic acids is 2. The van der Waals surface area contributed by atoms with E-state index in [1.165, 1.54) is 7.41 Å². The van der Waals surface area contributed by atoms with Gasteiger partial charge in [-0.25, -0.2) is 14.6 Å². The zero-order chi connectivity index (χ0) is 33.7. The van der Waals surface area contributed by atoms with E-state index in [0.29, 0.717) is 48.3 Å². The summed E-state index contributed by atoms with van der Waals surface area (Å²) >= 11 is 0. The molecular formula is C34H44BN8O3Si. The summed E-state index contributed by atoms with van der Waals surface area (Å²) in [5.74, 6) is 1.09. The van der Waals surface area contributed by atoms with Gasteiger partial charge in [0.1, 0.15) is 24.6 Å². The number of fused-ring (bicyclic) bond motifs is 1. The third-order valence-corrected chi connectivity index (χ3v) is 14.5. The van der Waals surface area contributed by atoms with E-state index in [-0.39, 0.29) is 17.5 Å². The number of nitrogens with zero attached hydrogens (tertiary/aromatic N) is 7. The molecule has 0 unspecified atom stereocenters. The lowest BCUT2D eigenvalue weighted by Gasteiger charge is -2.39. The van der Waals surface area contributed by atoms with Crippen molar-refractivity contribution in [1.82, 2.24) is 24.6 Å². The smallest absolute Gasteiger partial charge is 0.329 e. The van der Waals surface area contributed by atoms with Gasteiger partial charge < -0.3 is 24.2 Å². The summed E-state index contributed by atoms with van der Waals surface area (Å²) in [4.78, 5) is 38.2. The molecule has 3 aliphatic rings. The number of nitriles is 1. The second-order valence-electron chi connectivity index (χ2n) is 15.0. The van der Waals surface area contributed by atoms with Crippen LogP contribution < -0.4 is 10.1 Å². The largest absolute Gasteiger partial charge is 0.416 e. The van der Waals surface area contributed by atoms with Crippen molar-refractivity contribution in [2.75, 3.05) is 23.3 Å². The molecule has 3 aromatic rings. The van der Waals surface area contributed by atoms with E-state index < -0.39 is 13.7 Å². The normalized spacial score (nSPS) is 19.2. The number of amides is 1. The van der Waals surface area contributed by atoms with Crippen LogP contribution in [0.4, 0.5) is 17.5 Å². The van der Waals surface area contributed by atoms with E-state index in [1.807, 2.05) is 29.9 Å². The molecule has 1 aromatic carbocycles. The topological polar surface area (TPSA) is 129 Å². The van der Waals surface area contributed by atoms with Crippen LogP contribution in [-0.2, 0) is 26.0 Å². The lowest BCUT2D eigenvalue weighted by atomic mass is 9.83. The van der Waals surface area contributed by atoms with Gasteiger partial charge in [0.2, 0.25) is 11.9 Å². The molecule has 1 radical (unpaired) electrons. The Morgan fingerprint density at radius 2 is 1.94 bits per heavy atom. The van der Waals surface area contributed by atoms with E-state index in [1.54, 1.807) is 10.9 Å². The Kier molecular flexibility index (Phi) is 8.55. The summed E-state index contributed by atoms with van der Waals surface area (Å²) < 4.78 is 8.41. The molecule has 1 amide bonds. The van der Waals surface area contributed by atoms with E-state index in [9.17, 15) is 14.9 Å². The summed E-state index contributed by atoms with van der Waals surface area (Å²) in [6.07, 6.45) is 6.77. The first-order valence-corrected chi connectivity index (χ1v) is 19.4. The fraction of sp³-hybridized carbons (Fsp3) is 0.529. The Labute approximate surface area is 279 Å². The van der Waals surface area contributed by atoms with Crippen LogP contribution in [0.2, 0.25) is 18.1 Å². The monoisotopic (exact) mass is 651 g/mol. The minimum absolute atomic E-state index is 0.0401. The van der Waals surface area contributed by atoms with Gasteiger partial charge in [0.05, 0.1) is 17.0 Å². The van der Waals surface area contributed by atoms with Gasteiger partial charge in [-0.1, -0.05) is 27.7 Å². The first kappa shape index (κ1) is 32.9. The fourth-order valence-electron chi connectivity index (χ4n) is 6.14. The van der Waals surface area contributed by atoms with Crippen molar-refractivity contribution in [3.05, 3.63) is 47.3 Å². The van der Waals surface area contributed by atoms with E-state index >= 15 is 0 Å². The third-order valence-electron chi connectivity index (χ3n) is 10.0. The maximum atomic E-state index is 13.3. The highest BCUT2D eigenvalue weighted by atomic mass is 28.4. The molecule has 0 saturated heterocycles. The van der Waals surface area contributed by atoms with Crippen molar-refractivity contribution >= 4 is 45.3 Å². The molecule has 0 bridgehead atoms. The van der Waals surface area contributed by atoms with Gasteiger partial charge >= 0.3 is 7.41 Å². The molecule has 2 fully saturated rings. The molecular weight excluding hydrogens is 607 g/mol. The van der Waals surface area contributed by atoms with Gasteiger partial charge in [0, 0.05) is 54.2 Å². The number of aryl methyl sites for hydroxylation is 1. The van der Waals surface area contributed by atoms with Crippen LogP contribution in [0.3, 0.4) is 0 Å². The lowest BCUT2D eigenvalue weighted by Crippen LogP contribution is -2.46. The Bertz CT molecular complexity index is 1730. The molecule has 11 nitrogen and oxygen atoms in total. The standard InChI is InChI=1S/C34H44BN8O3Si/c1-22-14-29(42(40-22)18-30(45)43(25-8-9-25)26-10-11-26)39-32-37-13-12-28(38-32)23-15-24(17-36)31-27(16-23)34(5,19-41(31)35-21-44)20-46-47(6,7)33(2,3)4/h12-16,21,25-26H,8-11,18-20H2,1-7H3,(H,37,38,39)/t34-/m1/s1. The fourth-order valence-corrected chi connectivity index (χ4v) is 7.25. The molecule has 2 aliphatic carbocycles. The van der Waals surface area contributed by atoms with Crippen molar-refractivity contribution in [1.29, 1.82) is 5.26 Å². The molecule has 47 heavy (non-hydrogen) atoms. The highest BCUT2D eigenvalue weighted by Crippen LogP contribution is 2.46. The average molecular weight is 652 g/mol. The van der Waals surface area contributed by atoms with Crippen molar-refractivity contribution in [3.63, 3.8) is 0 Å². The molecule has 1 N–H and O–H groups in total. The predicted octanol–water partition coefficient (Wildman–Crippen LogP) is 5.33. The Morgan fingerprint density at radius 3 is 2.55 bits per heavy atom. The number of benzene rings is 1. The number of carbonyl (C=O) groups is 2. The zero-order valence-electron chi connectivity index (χ0n) is 28.5. The Morgan fingerprint density at radius 1 is 1.23 bits per heavy atom. The number of anilines is 3. The highest BCUT2D eigenvalue weighted by molar-refractivity contribution is 6.74. The van der Waals surface area contributed by atoms with Crippen molar-refractivity contribution < 1.29 is 14.0 Å². The van der Waals surface area contributed by atoms with E-state index in [0.717, 1.165) is 54.4 Å². The average Bonchev–Trinajstić information content (AvgIpc) is 3.95. The Balaban J connectivity index is 1.29. The van der Waals surface area contributed by atoms with Crippen LogP contribution in [0.1, 0.15) is 70.2 Å². The lowest BCUT2D eigenvalue weighted by molar-refractivity contribution is -0.133. The molecule has 6 rings (SSSR count). The number of hydrogen-bond acceptors (Lipinski definition) is 9. The SMILES string of the molecule is Cc1cc(Nc2nccc(-c3cc(C#N)c4c(c3)[C@@](C)(CO[Si](C)(C)C(C)(C)C)CN4[B]C=O)n2)n(CC(=O)N(C2CC2)C2CC2)n1. The highest BCUT2D eigenvalue weighted by Gasteiger charge is 2.45. The molecule has 3 heterocycles. The van der Waals surface area contributed by atoms with Gasteiger partial charge in [0.15, 0.2) is 8.32 Å². The molecule has 2 aromatic heterocycles. The minimum Gasteiger partial charge on any atom is -0.416 e. The number of hydrogen-bond donors (Lipinski definition) is 1. The second kappa shape index (κ2) is 12.2. The van der Waals surface area contributed by atoms with Gasteiger partial charge in [-0.3, -0.25) is 4.79 Å². The minimum atomic E-state index is -2.07. The quantitative estimate of drug-likeness (QED) is 0.204. The van der Waals surface area contributed by atoms with Crippen LogP contribution in [0.15, 0.2) is 30.5 Å². The van der Waals surface area contributed by atoms with Crippen LogP contribution in [-0.4, -0.2) is 77.7 Å². The number of aromatic nitrogens is 4. The first-order chi connectivity index (χ1) is 22.2. The molecule has 1 atom stereocenters. The van der Waals surface area contributed by atoms with Gasteiger partial charge in [-0.15, -0.1) is 0 Å². The molecule has 2 saturated carbocycles. The van der Waals surface area contributed by atoms with Gasteiger partial charge in [0.25, 0.3) is 0 Å². The molecule has 1 aliphatic heterocycles. The second-order valence-corrected chi connectivity index (χ2v) is 19.8. The zero-order valence-corrected chi connectivity index (χ0v) is 29.5. The molecule has 13 heteroatoms. The number of nitrogens with one attached hydrogen (secondary N) is 1. The van der Waals surface area contributed by atoms with Gasteiger partial charge in [-0.2, -0.15) is 10.4 Å². The maximum absolute atomic E-state index is 13.3. The number of rotatable bonds is 12. The van der Waals surface area contributed by atoms with Crippen LogP contribution in [0, 0.1) is 18.3 Å². The maximum Gasteiger partial charge on any atom is 0.329 e. The Hall–Kier alpha value is -4.02. The van der Waals surface area contributed by atoms with Crippen molar-refractivity contribution in [2.45, 2.75) is 102 Å². The van der Waals surface area contributed by atoms with Crippen LogP contribution >= 0.6 is 0 Å². The summed E-state index contributed by atoms with van der Waals surface area (Å²) in [6.45, 7) is 16.3. The molecule has 0 spiro atoms. The van der Waals surface area contributed by atoms with Crippen molar-refractivity contribution in [3.8, 4) is 17.3 Å². The van der Waals surface area contributed by atoms with Crippen LogP contribution in [0.25, 0.3) is 11.3 Å². The van der Waals surface area contributed by atoms with Crippen LogP contribution in [0.5, 0.6) is 0 Å². The predicted molar refractivity (Wildman–Crippen MR) is 186 cm³/mol. The van der Waals surface area contributed by atoms with Crippen molar-refractivity contribution in [2.24, 2.45) is 0 Å². The first-order valence-electron chi connectivity index (χ1n) is 16.5. The summed E-state index contributed by atoms with van der Waals surface area (Å²) in [7, 11) is -0.579. The van der Waals surface area contributed by atoms with E-state index in [4.69, 9.17) is 9.41 Å². The third kappa shape index (κ3) is 6.71. The summed E-state index contributed by atoms with van der Waals surface area (Å²) in [5.41, 5.74) is 3.86. The van der Waals surface area contributed by atoms with Gasteiger partial charge in [-0.05, 0) is 74.5 Å². The summed E-state index contributed by atoms with van der Waals surface area (Å²) in [5, 5.41) is 18.2. The van der Waals surface area contributed by atoms with E-state index in [2.05, 4.69) is 73.2 Å². The molecule has 245 valence electrons. The summed E-state index contributed by atoms with van der Waals surface area (Å²) in [6, 6.07) is 10.7.